The number of rotatable bonds is 4. The molecule has 0 spiro atoms. The fourth-order valence-corrected chi connectivity index (χ4v) is 2.77. The predicted molar refractivity (Wildman–Crippen MR) is 92.0 cm³/mol. The van der Waals surface area contributed by atoms with Crippen molar-refractivity contribution in [2.24, 2.45) is 0 Å². The zero-order valence-corrected chi connectivity index (χ0v) is 13.8. The smallest absolute Gasteiger partial charge is 0.371 e. The molecule has 1 aromatic heterocycles. The van der Waals surface area contributed by atoms with E-state index in [1.807, 2.05) is 12.1 Å². The molecule has 118 valence electrons. The van der Waals surface area contributed by atoms with Gasteiger partial charge in [0.05, 0.1) is 15.1 Å². The van der Waals surface area contributed by atoms with Crippen LogP contribution in [0.5, 0.6) is 0 Å². The van der Waals surface area contributed by atoms with Crippen LogP contribution in [0.1, 0.15) is 16.1 Å². The van der Waals surface area contributed by atoms with Gasteiger partial charge in [-0.15, -0.1) is 0 Å². The number of aromatic carboxylic acids is 1. The monoisotopic (exact) mass is 369 g/mol. The Labute approximate surface area is 146 Å². The molecule has 0 aliphatic carbocycles. The average Bonchev–Trinajstić information content (AvgIpc) is 2.94. The van der Waals surface area contributed by atoms with Gasteiger partial charge in [-0.25, -0.2) is 4.79 Å². The van der Waals surface area contributed by atoms with E-state index >= 15 is 0 Å². The van der Waals surface area contributed by atoms with E-state index in [9.17, 15) is 4.79 Å². The highest BCUT2D eigenvalue weighted by Gasteiger charge is 2.11. The van der Waals surface area contributed by atoms with Crippen LogP contribution in [0.3, 0.4) is 0 Å². The maximum Gasteiger partial charge on any atom is 0.371 e. The molecular formula is C16H10Cl3NO3. The number of anilines is 1. The molecule has 2 aromatic carbocycles. The van der Waals surface area contributed by atoms with Gasteiger partial charge in [-0.2, -0.15) is 0 Å². The van der Waals surface area contributed by atoms with E-state index in [1.54, 1.807) is 18.2 Å². The lowest BCUT2D eigenvalue weighted by Gasteiger charge is -2.09. The summed E-state index contributed by atoms with van der Waals surface area (Å²) in [6.07, 6.45) is 0. The fraction of sp³-hybridized carbons (Fsp3) is 0.0625. The average molecular weight is 371 g/mol. The molecule has 4 nitrogen and oxygen atoms in total. The van der Waals surface area contributed by atoms with Crippen LogP contribution in [0.4, 0.5) is 5.69 Å². The van der Waals surface area contributed by atoms with Gasteiger partial charge in [-0.3, -0.25) is 0 Å². The van der Waals surface area contributed by atoms with E-state index in [-0.39, 0.29) is 5.76 Å². The highest BCUT2D eigenvalue weighted by atomic mass is 35.5. The molecule has 0 aliphatic heterocycles. The molecule has 0 aliphatic rings. The number of carboxylic acid groups (broad SMARTS) is 1. The molecule has 0 saturated carbocycles. The van der Waals surface area contributed by atoms with E-state index in [0.717, 1.165) is 16.6 Å². The quantitative estimate of drug-likeness (QED) is 0.578. The van der Waals surface area contributed by atoms with E-state index in [1.165, 1.54) is 6.07 Å². The highest BCUT2D eigenvalue weighted by molar-refractivity contribution is 6.48. The van der Waals surface area contributed by atoms with Gasteiger partial charge in [-0.1, -0.05) is 40.9 Å². The molecule has 0 amide bonds. The SMILES string of the molecule is O=C(O)c1cc2cc(CNc3cc(Cl)c(Cl)c(Cl)c3)ccc2o1. The van der Waals surface area contributed by atoms with Crippen molar-refractivity contribution in [3.63, 3.8) is 0 Å². The molecule has 7 heteroatoms. The Morgan fingerprint density at radius 1 is 1.09 bits per heavy atom. The zero-order chi connectivity index (χ0) is 16.6. The summed E-state index contributed by atoms with van der Waals surface area (Å²) < 4.78 is 5.22. The number of furan rings is 1. The summed E-state index contributed by atoms with van der Waals surface area (Å²) in [5, 5.41) is 13.9. The molecule has 0 saturated heterocycles. The maximum absolute atomic E-state index is 10.9. The van der Waals surface area contributed by atoms with Crippen LogP contribution in [0.25, 0.3) is 11.0 Å². The van der Waals surface area contributed by atoms with Crippen molar-refractivity contribution < 1.29 is 14.3 Å². The molecule has 3 aromatic rings. The molecular weight excluding hydrogens is 361 g/mol. The predicted octanol–water partition coefficient (Wildman–Crippen LogP) is 5.70. The first kappa shape index (κ1) is 16.0. The van der Waals surface area contributed by atoms with Crippen molar-refractivity contribution in [1.82, 2.24) is 0 Å². The lowest BCUT2D eigenvalue weighted by atomic mass is 10.1. The third-order valence-electron chi connectivity index (χ3n) is 3.27. The van der Waals surface area contributed by atoms with Crippen molar-refractivity contribution in [2.45, 2.75) is 6.54 Å². The fourth-order valence-electron chi connectivity index (χ4n) is 2.17. The minimum absolute atomic E-state index is 0.0821. The van der Waals surface area contributed by atoms with Crippen molar-refractivity contribution in [3.05, 3.63) is 62.8 Å². The summed E-state index contributed by atoms with van der Waals surface area (Å²) >= 11 is 17.9. The molecule has 0 bridgehead atoms. The molecule has 3 rings (SSSR count). The number of hydrogen-bond acceptors (Lipinski definition) is 3. The number of fused-ring (bicyclic) bond motifs is 1. The summed E-state index contributed by atoms with van der Waals surface area (Å²) in [4.78, 5) is 10.9. The first-order valence-corrected chi connectivity index (χ1v) is 7.71. The van der Waals surface area contributed by atoms with Crippen molar-refractivity contribution in [3.8, 4) is 0 Å². The zero-order valence-electron chi connectivity index (χ0n) is 11.6. The van der Waals surface area contributed by atoms with Crippen LogP contribution < -0.4 is 5.32 Å². The number of nitrogens with one attached hydrogen (secondary N) is 1. The minimum Gasteiger partial charge on any atom is -0.475 e. The van der Waals surface area contributed by atoms with E-state index in [4.69, 9.17) is 44.3 Å². The van der Waals surface area contributed by atoms with Crippen LogP contribution in [0.2, 0.25) is 15.1 Å². The number of halogens is 3. The maximum atomic E-state index is 10.9. The van der Waals surface area contributed by atoms with E-state index in [2.05, 4.69) is 5.32 Å². The molecule has 0 fully saturated rings. The lowest BCUT2D eigenvalue weighted by molar-refractivity contribution is 0.0665. The second-order valence-electron chi connectivity index (χ2n) is 4.90. The third kappa shape index (κ3) is 3.39. The second kappa shape index (κ2) is 6.32. The topological polar surface area (TPSA) is 62.5 Å². The van der Waals surface area contributed by atoms with Crippen LogP contribution in [-0.2, 0) is 6.54 Å². The van der Waals surface area contributed by atoms with Gasteiger partial charge < -0.3 is 14.8 Å². The Kier molecular flexibility index (Phi) is 4.39. The molecule has 23 heavy (non-hydrogen) atoms. The van der Waals surface area contributed by atoms with Crippen LogP contribution in [-0.4, -0.2) is 11.1 Å². The Morgan fingerprint density at radius 2 is 1.78 bits per heavy atom. The minimum atomic E-state index is -1.09. The standard InChI is InChI=1S/C16H10Cl3NO3/c17-11-5-10(6-12(18)15(11)19)20-7-8-1-2-13-9(3-8)4-14(23-13)16(21)22/h1-6,20H,7H2,(H,21,22). The van der Waals surface area contributed by atoms with Gasteiger partial charge in [0.25, 0.3) is 0 Å². The first-order chi connectivity index (χ1) is 10.9. The molecule has 0 unspecified atom stereocenters. The Hall–Kier alpha value is -1.88. The Morgan fingerprint density at radius 3 is 2.43 bits per heavy atom. The van der Waals surface area contributed by atoms with Gasteiger partial charge in [0.15, 0.2) is 0 Å². The van der Waals surface area contributed by atoms with Gasteiger partial charge in [0.2, 0.25) is 5.76 Å². The summed E-state index contributed by atoms with van der Waals surface area (Å²) in [5.74, 6) is -1.17. The summed E-state index contributed by atoms with van der Waals surface area (Å²) in [5.41, 5.74) is 2.23. The number of carboxylic acids is 1. The van der Waals surface area contributed by atoms with Gasteiger partial charge >= 0.3 is 5.97 Å². The Bertz CT molecular complexity index is 882. The van der Waals surface area contributed by atoms with E-state index in [0.29, 0.717) is 27.2 Å². The van der Waals surface area contributed by atoms with Gasteiger partial charge in [0, 0.05) is 17.6 Å². The molecule has 0 atom stereocenters. The van der Waals surface area contributed by atoms with Crippen LogP contribution in [0.15, 0.2) is 40.8 Å². The molecule has 2 N–H and O–H groups in total. The second-order valence-corrected chi connectivity index (χ2v) is 6.09. The third-order valence-corrected chi connectivity index (χ3v) is 4.47. The van der Waals surface area contributed by atoms with E-state index < -0.39 is 5.97 Å². The molecule has 0 radical (unpaired) electrons. The van der Waals surface area contributed by atoms with Crippen LogP contribution >= 0.6 is 34.8 Å². The van der Waals surface area contributed by atoms with Crippen molar-refractivity contribution >= 4 is 57.4 Å². The van der Waals surface area contributed by atoms with Crippen LogP contribution in [0, 0.1) is 0 Å². The summed E-state index contributed by atoms with van der Waals surface area (Å²) in [6, 6.07) is 10.3. The summed E-state index contributed by atoms with van der Waals surface area (Å²) in [7, 11) is 0. The van der Waals surface area contributed by atoms with Gasteiger partial charge in [-0.05, 0) is 35.9 Å². The Balaban J connectivity index is 1.80. The normalized spacial score (nSPS) is 10.9. The number of carbonyl (C=O) groups is 1. The lowest BCUT2D eigenvalue weighted by Crippen LogP contribution is -1.99. The first-order valence-electron chi connectivity index (χ1n) is 6.58. The van der Waals surface area contributed by atoms with Gasteiger partial charge in [0.1, 0.15) is 5.58 Å². The highest BCUT2D eigenvalue weighted by Crippen LogP contribution is 2.33. The number of hydrogen-bond donors (Lipinski definition) is 2. The van der Waals surface area contributed by atoms with Crippen molar-refractivity contribution in [1.29, 1.82) is 0 Å². The number of benzene rings is 2. The summed E-state index contributed by atoms with van der Waals surface area (Å²) in [6.45, 7) is 0.512. The van der Waals surface area contributed by atoms with Crippen molar-refractivity contribution in [2.75, 3.05) is 5.32 Å². The molecule has 1 heterocycles. The largest absolute Gasteiger partial charge is 0.475 e.